The second-order valence-electron chi connectivity index (χ2n) is 3.76. The predicted molar refractivity (Wildman–Crippen MR) is 62.0 cm³/mol. The third-order valence-electron chi connectivity index (χ3n) is 2.56. The van der Waals surface area contributed by atoms with Crippen LogP contribution in [0.2, 0.25) is 0 Å². The maximum Gasteiger partial charge on any atom is 0.431 e. The van der Waals surface area contributed by atoms with E-state index in [1.54, 1.807) is 0 Å². The monoisotopic (exact) mass is 323 g/mol. The van der Waals surface area contributed by atoms with Gasteiger partial charge in [0.2, 0.25) is 0 Å². The minimum absolute atomic E-state index is 0.00813. The van der Waals surface area contributed by atoms with E-state index >= 15 is 0 Å². The third kappa shape index (κ3) is 2.03. The Hall–Kier alpha value is -1.37. The highest BCUT2D eigenvalue weighted by molar-refractivity contribution is 9.10. The van der Waals surface area contributed by atoms with Gasteiger partial charge in [-0.2, -0.15) is 13.2 Å². The van der Waals surface area contributed by atoms with Crippen LogP contribution in [0.25, 0.3) is 10.9 Å². The molecule has 7 heteroatoms. The first-order valence-electron chi connectivity index (χ1n) is 4.80. The highest BCUT2D eigenvalue weighted by Gasteiger charge is 2.35. The van der Waals surface area contributed by atoms with Gasteiger partial charge in [-0.25, -0.2) is 4.39 Å². The Morgan fingerprint density at radius 3 is 2.44 bits per heavy atom. The van der Waals surface area contributed by atoms with E-state index in [2.05, 4.69) is 20.9 Å². The van der Waals surface area contributed by atoms with Crippen molar-refractivity contribution in [3.63, 3.8) is 0 Å². The zero-order valence-electron chi connectivity index (χ0n) is 8.95. The molecule has 0 saturated heterocycles. The summed E-state index contributed by atoms with van der Waals surface area (Å²) in [6.07, 6.45) is -4.68. The van der Waals surface area contributed by atoms with Crippen LogP contribution < -0.4 is 5.43 Å². The van der Waals surface area contributed by atoms with Gasteiger partial charge in [0.05, 0.1) is 9.99 Å². The van der Waals surface area contributed by atoms with E-state index in [0.29, 0.717) is 0 Å². The fourth-order valence-corrected chi connectivity index (χ4v) is 2.01. The van der Waals surface area contributed by atoms with Crippen molar-refractivity contribution in [3.8, 4) is 0 Å². The molecular weight excluding hydrogens is 318 g/mol. The molecule has 1 N–H and O–H groups in total. The summed E-state index contributed by atoms with van der Waals surface area (Å²) in [5, 5.41) is 0.00813. The molecule has 0 radical (unpaired) electrons. The Kier molecular flexibility index (Phi) is 2.96. The van der Waals surface area contributed by atoms with Crippen molar-refractivity contribution in [2.45, 2.75) is 13.1 Å². The van der Waals surface area contributed by atoms with E-state index in [4.69, 9.17) is 0 Å². The van der Waals surface area contributed by atoms with Crippen LogP contribution >= 0.6 is 15.9 Å². The van der Waals surface area contributed by atoms with Crippen LogP contribution in [0.1, 0.15) is 11.3 Å². The van der Waals surface area contributed by atoms with E-state index in [1.807, 2.05) is 0 Å². The maximum absolute atomic E-state index is 13.3. The molecule has 1 aromatic heterocycles. The van der Waals surface area contributed by atoms with Gasteiger partial charge < -0.3 is 4.98 Å². The zero-order chi connectivity index (χ0) is 13.7. The Labute approximate surface area is 107 Å². The second-order valence-corrected chi connectivity index (χ2v) is 4.62. The van der Waals surface area contributed by atoms with Gasteiger partial charge in [-0.3, -0.25) is 4.79 Å². The van der Waals surface area contributed by atoms with Crippen LogP contribution in [0, 0.1) is 12.7 Å². The summed E-state index contributed by atoms with van der Waals surface area (Å²) in [7, 11) is 0. The molecule has 96 valence electrons. The molecule has 1 heterocycles. The molecule has 18 heavy (non-hydrogen) atoms. The van der Waals surface area contributed by atoms with E-state index in [1.165, 1.54) is 0 Å². The van der Waals surface area contributed by atoms with Crippen LogP contribution in [0.4, 0.5) is 17.6 Å². The SMILES string of the molecule is Cc1c(C(F)(F)F)[nH]c2cc(F)c(Br)cc2c1=O. The quantitative estimate of drug-likeness (QED) is 0.736. The van der Waals surface area contributed by atoms with Crippen LogP contribution in [-0.4, -0.2) is 4.98 Å². The van der Waals surface area contributed by atoms with E-state index in [-0.39, 0.29) is 15.4 Å². The molecule has 0 aliphatic carbocycles. The van der Waals surface area contributed by atoms with Crippen molar-refractivity contribution in [1.29, 1.82) is 0 Å². The number of H-pyrrole nitrogens is 1. The Morgan fingerprint density at radius 1 is 1.28 bits per heavy atom. The Morgan fingerprint density at radius 2 is 1.89 bits per heavy atom. The largest absolute Gasteiger partial charge is 0.431 e. The van der Waals surface area contributed by atoms with Crippen LogP contribution in [0.3, 0.4) is 0 Å². The summed E-state index contributed by atoms with van der Waals surface area (Å²) >= 11 is 2.88. The minimum atomic E-state index is -4.68. The molecule has 0 fully saturated rings. The fourth-order valence-electron chi connectivity index (χ4n) is 1.67. The smallest absolute Gasteiger partial charge is 0.350 e. The number of hydrogen-bond donors (Lipinski definition) is 1. The van der Waals surface area contributed by atoms with Gasteiger partial charge in [0, 0.05) is 10.9 Å². The highest BCUT2D eigenvalue weighted by Crippen LogP contribution is 2.31. The molecule has 0 aliphatic heterocycles. The molecule has 0 amide bonds. The van der Waals surface area contributed by atoms with Gasteiger partial charge in [-0.05, 0) is 35.0 Å². The van der Waals surface area contributed by atoms with Gasteiger partial charge in [-0.15, -0.1) is 0 Å². The third-order valence-corrected chi connectivity index (χ3v) is 3.17. The second kappa shape index (κ2) is 4.08. The van der Waals surface area contributed by atoms with Gasteiger partial charge in [0.1, 0.15) is 11.5 Å². The summed E-state index contributed by atoms with van der Waals surface area (Å²) in [5.74, 6) is -0.741. The maximum atomic E-state index is 13.3. The molecule has 2 aromatic rings. The molecule has 1 aromatic carbocycles. The Bertz CT molecular complexity index is 690. The van der Waals surface area contributed by atoms with Crippen molar-refractivity contribution < 1.29 is 17.6 Å². The normalized spacial score (nSPS) is 12.1. The first-order valence-corrected chi connectivity index (χ1v) is 5.60. The number of benzene rings is 1. The van der Waals surface area contributed by atoms with Gasteiger partial charge >= 0.3 is 6.18 Å². The van der Waals surface area contributed by atoms with Crippen LogP contribution in [-0.2, 0) is 6.18 Å². The molecule has 0 saturated carbocycles. The summed E-state index contributed by atoms with van der Waals surface area (Å²) < 4.78 is 51.3. The highest BCUT2D eigenvalue weighted by atomic mass is 79.9. The van der Waals surface area contributed by atoms with E-state index in [0.717, 1.165) is 19.1 Å². The Balaban J connectivity index is 2.93. The number of aromatic amines is 1. The fraction of sp³-hybridized carbons (Fsp3) is 0.182. The topological polar surface area (TPSA) is 32.9 Å². The molecule has 2 rings (SSSR count). The van der Waals surface area contributed by atoms with E-state index in [9.17, 15) is 22.4 Å². The average Bonchev–Trinajstić information content (AvgIpc) is 2.25. The number of fused-ring (bicyclic) bond motifs is 1. The number of pyridine rings is 1. The van der Waals surface area contributed by atoms with E-state index < -0.39 is 28.7 Å². The molecule has 2 nitrogen and oxygen atoms in total. The van der Waals surface area contributed by atoms with Crippen LogP contribution in [0.15, 0.2) is 21.4 Å². The molecule has 0 unspecified atom stereocenters. The minimum Gasteiger partial charge on any atom is -0.350 e. The van der Waals surface area contributed by atoms with Crippen molar-refractivity contribution in [2.75, 3.05) is 0 Å². The van der Waals surface area contributed by atoms with Crippen molar-refractivity contribution >= 4 is 26.8 Å². The summed E-state index contributed by atoms with van der Waals surface area (Å²) in [5.41, 5.74) is -2.54. The first-order chi connectivity index (χ1) is 8.21. The van der Waals surface area contributed by atoms with Gasteiger partial charge in [0.15, 0.2) is 5.43 Å². The first kappa shape index (κ1) is 13.1. The summed E-state index contributed by atoms with van der Waals surface area (Å²) in [4.78, 5) is 13.9. The predicted octanol–water partition coefficient (Wildman–Crippen LogP) is 3.76. The molecule has 0 spiro atoms. The lowest BCUT2D eigenvalue weighted by molar-refractivity contribution is -0.141. The lowest BCUT2D eigenvalue weighted by atomic mass is 10.1. The summed E-state index contributed by atoms with van der Waals surface area (Å²) in [6.45, 7) is 1.08. The average molecular weight is 324 g/mol. The summed E-state index contributed by atoms with van der Waals surface area (Å²) in [6, 6.07) is 2.02. The molecule has 0 aliphatic rings. The van der Waals surface area contributed by atoms with Crippen LogP contribution in [0.5, 0.6) is 0 Å². The number of nitrogens with one attached hydrogen (secondary N) is 1. The number of rotatable bonds is 0. The van der Waals surface area contributed by atoms with Crippen molar-refractivity contribution in [1.82, 2.24) is 4.98 Å². The number of halogens is 5. The van der Waals surface area contributed by atoms with Gasteiger partial charge in [0.25, 0.3) is 0 Å². The van der Waals surface area contributed by atoms with Gasteiger partial charge in [-0.1, -0.05) is 0 Å². The lowest BCUT2D eigenvalue weighted by Gasteiger charge is -2.11. The number of aromatic nitrogens is 1. The zero-order valence-corrected chi connectivity index (χ0v) is 10.5. The van der Waals surface area contributed by atoms with Crippen molar-refractivity contribution in [3.05, 3.63) is 43.9 Å². The number of alkyl halides is 3. The lowest BCUT2D eigenvalue weighted by Crippen LogP contribution is -2.18. The molecular formula is C11H6BrF4NO. The van der Waals surface area contributed by atoms with Crippen molar-refractivity contribution in [2.24, 2.45) is 0 Å². The number of hydrogen-bond acceptors (Lipinski definition) is 1. The standard InChI is InChI=1S/C11H6BrF4NO/c1-4-9(18)5-2-6(12)7(13)3-8(5)17-10(4)11(14,15)16/h2-3H,1H3,(H,17,18). The molecule has 0 atom stereocenters. The molecule has 0 bridgehead atoms.